The average Bonchev–Trinajstić information content (AvgIpc) is 3.22. The van der Waals surface area contributed by atoms with Crippen molar-refractivity contribution in [3.63, 3.8) is 0 Å². The summed E-state index contributed by atoms with van der Waals surface area (Å²) in [6.07, 6.45) is 1.84. The lowest BCUT2D eigenvalue weighted by Gasteiger charge is -2.19. The quantitative estimate of drug-likeness (QED) is 0.336. The lowest BCUT2D eigenvalue weighted by Crippen LogP contribution is -2.08. The molecule has 28 heavy (non-hydrogen) atoms. The van der Waals surface area contributed by atoms with Crippen molar-refractivity contribution < 1.29 is 0 Å². The van der Waals surface area contributed by atoms with E-state index in [2.05, 4.69) is 58.3 Å². The summed E-state index contributed by atoms with van der Waals surface area (Å²) in [7, 11) is 2.06. The third-order valence-electron chi connectivity index (χ3n) is 4.38. The van der Waals surface area contributed by atoms with E-state index in [0.717, 1.165) is 38.3 Å². The molecule has 5 heteroatoms. The molecule has 0 fully saturated rings. The smallest absolute Gasteiger partial charge is 0.209 e. The Labute approximate surface area is 173 Å². The molecule has 0 amide bonds. The molecule has 0 aliphatic rings. The largest absolute Gasteiger partial charge is 0.345 e. The molecular formula is C23H18ClN3S. The topological polar surface area (TPSA) is 28.5 Å². The summed E-state index contributed by atoms with van der Waals surface area (Å²) in [4.78, 5) is 11.2. The minimum Gasteiger partial charge on any atom is -0.345 e. The molecule has 0 unspecified atom stereocenters. The average molecular weight is 404 g/mol. The van der Waals surface area contributed by atoms with Gasteiger partial charge in [-0.15, -0.1) is 11.3 Å². The van der Waals surface area contributed by atoms with E-state index in [4.69, 9.17) is 11.6 Å². The lowest BCUT2D eigenvalue weighted by molar-refractivity contribution is 1.21. The van der Waals surface area contributed by atoms with E-state index in [-0.39, 0.29) is 0 Å². The van der Waals surface area contributed by atoms with Crippen molar-refractivity contribution in [3.8, 4) is 11.3 Å². The molecule has 3 aromatic carbocycles. The summed E-state index contributed by atoms with van der Waals surface area (Å²) in [5, 5.41) is 3.46. The normalized spacial score (nSPS) is 11.1. The highest BCUT2D eigenvalue weighted by atomic mass is 35.5. The van der Waals surface area contributed by atoms with Crippen molar-refractivity contribution in [1.29, 1.82) is 0 Å². The molecule has 0 spiro atoms. The second-order valence-electron chi connectivity index (χ2n) is 6.27. The number of thiazole rings is 1. The monoisotopic (exact) mass is 403 g/mol. The number of aromatic nitrogens is 1. The molecule has 0 N–H and O–H groups in total. The number of halogens is 1. The summed E-state index contributed by atoms with van der Waals surface area (Å²) in [6.45, 7) is 0. The SMILES string of the molecule is CN(c1ccccc1)c1ccc(C=Nc2nc(-c3ccc(Cl)cc3)cs2)cc1. The maximum Gasteiger partial charge on any atom is 0.209 e. The minimum atomic E-state index is 0.721. The predicted molar refractivity (Wildman–Crippen MR) is 121 cm³/mol. The second-order valence-corrected chi connectivity index (χ2v) is 7.54. The molecule has 4 rings (SSSR count). The Morgan fingerprint density at radius 2 is 1.57 bits per heavy atom. The van der Waals surface area contributed by atoms with Crippen molar-refractivity contribution in [2.24, 2.45) is 4.99 Å². The number of aliphatic imine (C=N–C) groups is 1. The van der Waals surface area contributed by atoms with Crippen molar-refractivity contribution in [3.05, 3.63) is 94.8 Å². The van der Waals surface area contributed by atoms with Gasteiger partial charge in [0.15, 0.2) is 0 Å². The molecule has 4 aromatic rings. The van der Waals surface area contributed by atoms with Crippen LogP contribution in [0.2, 0.25) is 5.02 Å². The first-order valence-electron chi connectivity index (χ1n) is 8.83. The highest BCUT2D eigenvalue weighted by molar-refractivity contribution is 7.13. The number of hydrogen-bond donors (Lipinski definition) is 0. The van der Waals surface area contributed by atoms with Crippen LogP contribution < -0.4 is 4.90 Å². The van der Waals surface area contributed by atoms with Gasteiger partial charge in [0.25, 0.3) is 0 Å². The van der Waals surface area contributed by atoms with Gasteiger partial charge in [-0.1, -0.05) is 54.1 Å². The van der Waals surface area contributed by atoms with Crippen LogP contribution in [0.1, 0.15) is 5.56 Å². The van der Waals surface area contributed by atoms with Crippen LogP contribution >= 0.6 is 22.9 Å². The maximum absolute atomic E-state index is 5.94. The lowest BCUT2D eigenvalue weighted by atomic mass is 10.2. The third kappa shape index (κ3) is 4.30. The molecule has 138 valence electrons. The summed E-state index contributed by atoms with van der Waals surface area (Å²) < 4.78 is 0. The van der Waals surface area contributed by atoms with Crippen molar-refractivity contribution in [2.75, 3.05) is 11.9 Å². The maximum atomic E-state index is 5.94. The van der Waals surface area contributed by atoms with E-state index in [1.165, 1.54) is 11.3 Å². The molecule has 0 bridgehead atoms. The second kappa shape index (κ2) is 8.38. The Morgan fingerprint density at radius 1 is 0.893 bits per heavy atom. The molecule has 0 aliphatic carbocycles. The molecular weight excluding hydrogens is 386 g/mol. The van der Waals surface area contributed by atoms with Crippen LogP contribution in [0.15, 0.2) is 89.2 Å². The Kier molecular flexibility index (Phi) is 5.51. The fourth-order valence-corrected chi connectivity index (χ4v) is 3.59. The number of hydrogen-bond acceptors (Lipinski definition) is 4. The van der Waals surface area contributed by atoms with E-state index < -0.39 is 0 Å². The van der Waals surface area contributed by atoms with Crippen LogP contribution in [0.4, 0.5) is 16.5 Å². The Bertz CT molecular complexity index is 1070. The number of rotatable bonds is 5. The summed E-state index contributed by atoms with van der Waals surface area (Å²) >= 11 is 7.47. The molecule has 3 nitrogen and oxygen atoms in total. The van der Waals surface area contributed by atoms with E-state index >= 15 is 0 Å². The minimum absolute atomic E-state index is 0.721. The Morgan fingerprint density at radius 3 is 2.29 bits per heavy atom. The van der Waals surface area contributed by atoms with Crippen LogP contribution in [-0.4, -0.2) is 18.2 Å². The van der Waals surface area contributed by atoms with E-state index in [1.54, 1.807) is 0 Å². The zero-order valence-corrected chi connectivity index (χ0v) is 16.9. The first-order valence-corrected chi connectivity index (χ1v) is 10.1. The van der Waals surface area contributed by atoms with E-state index in [1.807, 2.05) is 54.1 Å². The Hall–Kier alpha value is -2.95. The molecule has 1 heterocycles. The molecule has 0 aliphatic heterocycles. The number of benzene rings is 3. The van der Waals surface area contributed by atoms with Gasteiger partial charge in [0, 0.05) is 40.6 Å². The zero-order chi connectivity index (χ0) is 19.3. The van der Waals surface area contributed by atoms with Gasteiger partial charge in [0.05, 0.1) is 5.69 Å². The highest BCUT2D eigenvalue weighted by Gasteiger charge is 2.04. The van der Waals surface area contributed by atoms with Gasteiger partial charge >= 0.3 is 0 Å². The predicted octanol–water partition coefficient (Wildman–Crippen LogP) is 6.98. The van der Waals surface area contributed by atoms with Crippen LogP contribution in [0.3, 0.4) is 0 Å². The summed E-state index contributed by atoms with van der Waals surface area (Å²) in [5.41, 5.74) is 5.27. The van der Waals surface area contributed by atoms with Gasteiger partial charge in [0.2, 0.25) is 5.13 Å². The molecule has 1 aromatic heterocycles. The van der Waals surface area contributed by atoms with Crippen LogP contribution in [0, 0.1) is 0 Å². The molecule has 0 atom stereocenters. The zero-order valence-electron chi connectivity index (χ0n) is 15.3. The molecule has 0 saturated carbocycles. The highest BCUT2D eigenvalue weighted by Crippen LogP contribution is 2.28. The number of anilines is 2. The molecule has 0 saturated heterocycles. The summed E-state index contributed by atoms with van der Waals surface area (Å²) in [6, 6.07) is 26.3. The van der Waals surface area contributed by atoms with Gasteiger partial charge in [-0.3, -0.25) is 0 Å². The fraction of sp³-hybridized carbons (Fsp3) is 0.0435. The standard InChI is InChI=1S/C23H18ClN3S/c1-27(20-5-3-2-4-6-20)21-13-7-17(8-14-21)15-25-23-26-22(16-28-23)18-9-11-19(24)12-10-18/h2-16H,1H3. The van der Waals surface area contributed by atoms with Crippen molar-refractivity contribution >= 4 is 45.7 Å². The van der Waals surface area contributed by atoms with E-state index in [9.17, 15) is 0 Å². The Balaban J connectivity index is 1.46. The van der Waals surface area contributed by atoms with Crippen LogP contribution in [0.25, 0.3) is 11.3 Å². The molecule has 0 radical (unpaired) electrons. The summed E-state index contributed by atoms with van der Waals surface area (Å²) in [5.74, 6) is 0. The van der Waals surface area contributed by atoms with Gasteiger partial charge in [-0.2, -0.15) is 0 Å². The van der Waals surface area contributed by atoms with Gasteiger partial charge < -0.3 is 4.90 Å². The third-order valence-corrected chi connectivity index (χ3v) is 5.38. The van der Waals surface area contributed by atoms with E-state index in [0.29, 0.717) is 0 Å². The number of nitrogens with zero attached hydrogens (tertiary/aromatic N) is 3. The van der Waals surface area contributed by atoms with Gasteiger partial charge in [-0.05, 0) is 42.0 Å². The fourth-order valence-electron chi connectivity index (χ4n) is 2.79. The van der Waals surface area contributed by atoms with Crippen molar-refractivity contribution in [1.82, 2.24) is 4.98 Å². The van der Waals surface area contributed by atoms with Crippen molar-refractivity contribution in [2.45, 2.75) is 0 Å². The van der Waals surface area contributed by atoms with Crippen LogP contribution in [0.5, 0.6) is 0 Å². The number of para-hydroxylation sites is 1. The first-order chi connectivity index (χ1) is 13.7. The van der Waals surface area contributed by atoms with Gasteiger partial charge in [-0.25, -0.2) is 9.98 Å². The first kappa shape index (κ1) is 18.4. The van der Waals surface area contributed by atoms with Crippen LogP contribution in [-0.2, 0) is 0 Å². The van der Waals surface area contributed by atoms with Gasteiger partial charge in [0.1, 0.15) is 0 Å².